The highest BCUT2D eigenvalue weighted by atomic mass is 15.2. The van der Waals surface area contributed by atoms with Gasteiger partial charge in [0, 0.05) is 31.4 Å². The van der Waals surface area contributed by atoms with Crippen molar-refractivity contribution in [1.82, 2.24) is 19.4 Å². The van der Waals surface area contributed by atoms with Gasteiger partial charge in [0.05, 0.1) is 17.6 Å². The van der Waals surface area contributed by atoms with Crippen LogP contribution >= 0.6 is 0 Å². The molecule has 1 aromatic carbocycles. The maximum Gasteiger partial charge on any atom is 0.123 e. The van der Waals surface area contributed by atoms with Crippen LogP contribution in [0.4, 0.5) is 0 Å². The van der Waals surface area contributed by atoms with E-state index < -0.39 is 0 Å². The summed E-state index contributed by atoms with van der Waals surface area (Å²) in [6.45, 7) is 5.18. The molecule has 23 heavy (non-hydrogen) atoms. The van der Waals surface area contributed by atoms with E-state index in [1.165, 1.54) is 11.1 Å². The van der Waals surface area contributed by atoms with Gasteiger partial charge in [-0.05, 0) is 50.7 Å². The first-order valence-electron chi connectivity index (χ1n) is 8.06. The number of rotatable bonds is 5. The normalized spacial score (nSPS) is 12.9. The van der Waals surface area contributed by atoms with Crippen molar-refractivity contribution < 1.29 is 0 Å². The van der Waals surface area contributed by atoms with Crippen molar-refractivity contribution in [2.75, 3.05) is 7.05 Å². The molecule has 0 saturated carbocycles. The molecule has 0 N–H and O–H groups in total. The first-order chi connectivity index (χ1) is 11.0. The van der Waals surface area contributed by atoms with E-state index in [1.54, 1.807) is 0 Å². The molecule has 0 aliphatic rings. The van der Waals surface area contributed by atoms with E-state index in [-0.39, 0.29) is 0 Å². The van der Waals surface area contributed by atoms with Crippen LogP contribution in [-0.4, -0.2) is 32.5 Å². The zero-order valence-corrected chi connectivity index (χ0v) is 14.3. The van der Waals surface area contributed by atoms with Gasteiger partial charge in [0.25, 0.3) is 0 Å². The van der Waals surface area contributed by atoms with Gasteiger partial charge in [-0.15, -0.1) is 0 Å². The van der Waals surface area contributed by atoms with Gasteiger partial charge in [-0.25, -0.2) is 4.98 Å². The molecule has 0 amide bonds. The van der Waals surface area contributed by atoms with E-state index in [1.807, 2.05) is 18.3 Å². The lowest BCUT2D eigenvalue weighted by molar-refractivity contribution is 0.239. The Balaban J connectivity index is 1.72. The Kier molecular flexibility index (Phi) is 4.44. The van der Waals surface area contributed by atoms with Gasteiger partial charge >= 0.3 is 0 Å². The summed E-state index contributed by atoms with van der Waals surface area (Å²) in [7, 11) is 4.24. The third kappa shape index (κ3) is 3.42. The van der Waals surface area contributed by atoms with Crippen LogP contribution in [0.15, 0.2) is 42.6 Å². The maximum absolute atomic E-state index is 4.76. The second kappa shape index (κ2) is 6.50. The van der Waals surface area contributed by atoms with Crippen molar-refractivity contribution in [2.45, 2.75) is 32.9 Å². The quantitative estimate of drug-likeness (QED) is 0.725. The van der Waals surface area contributed by atoms with Crippen LogP contribution in [0.3, 0.4) is 0 Å². The number of likely N-dealkylation sites (N-methyl/N-ethyl adjacent to an activating group) is 1. The lowest BCUT2D eigenvalue weighted by Crippen LogP contribution is -2.31. The number of nitrogens with zero attached hydrogens (tertiary/aromatic N) is 4. The van der Waals surface area contributed by atoms with Crippen LogP contribution in [0.1, 0.15) is 24.0 Å². The molecule has 0 fully saturated rings. The summed E-state index contributed by atoms with van der Waals surface area (Å²) < 4.78 is 2.18. The molecule has 1 atom stereocenters. The summed E-state index contributed by atoms with van der Waals surface area (Å²) in [6.07, 6.45) is 2.84. The molecule has 0 bridgehead atoms. The van der Waals surface area contributed by atoms with Crippen molar-refractivity contribution in [3.8, 4) is 0 Å². The Morgan fingerprint density at radius 3 is 2.74 bits per heavy atom. The highest BCUT2D eigenvalue weighted by molar-refractivity contribution is 5.75. The number of aromatic nitrogens is 3. The topological polar surface area (TPSA) is 34.0 Å². The Hall–Kier alpha value is -2.20. The largest absolute Gasteiger partial charge is 0.330 e. The Labute approximate surface area is 137 Å². The van der Waals surface area contributed by atoms with Crippen LogP contribution in [0, 0.1) is 6.92 Å². The third-order valence-electron chi connectivity index (χ3n) is 4.50. The van der Waals surface area contributed by atoms with Crippen LogP contribution in [0.2, 0.25) is 0 Å². The van der Waals surface area contributed by atoms with E-state index in [2.05, 4.69) is 66.7 Å². The minimum Gasteiger partial charge on any atom is -0.330 e. The molecule has 0 aliphatic carbocycles. The van der Waals surface area contributed by atoms with E-state index in [9.17, 15) is 0 Å². The third-order valence-corrected chi connectivity index (χ3v) is 4.50. The monoisotopic (exact) mass is 308 g/mol. The van der Waals surface area contributed by atoms with Crippen molar-refractivity contribution >= 4 is 11.0 Å². The number of benzene rings is 1. The summed E-state index contributed by atoms with van der Waals surface area (Å²) in [6, 6.07) is 12.9. The number of fused-ring (bicyclic) bond motifs is 1. The second-order valence-electron chi connectivity index (χ2n) is 6.37. The van der Waals surface area contributed by atoms with Gasteiger partial charge in [0.1, 0.15) is 5.82 Å². The number of imidazole rings is 1. The predicted molar refractivity (Wildman–Crippen MR) is 94.3 cm³/mol. The van der Waals surface area contributed by atoms with E-state index in [4.69, 9.17) is 4.98 Å². The molecule has 4 nitrogen and oxygen atoms in total. The van der Waals surface area contributed by atoms with Crippen molar-refractivity contribution in [3.63, 3.8) is 0 Å². The minimum atomic E-state index is 0.407. The molecule has 0 aliphatic heterocycles. The minimum absolute atomic E-state index is 0.407. The molecule has 120 valence electrons. The second-order valence-corrected chi connectivity index (χ2v) is 6.37. The number of hydrogen-bond donors (Lipinski definition) is 0. The number of hydrogen-bond acceptors (Lipinski definition) is 3. The standard InChI is InChI=1S/C19H24N4/c1-14-9-10-20-16(11-14)12-15(2)22(3)13-19-21-17-7-5-6-8-18(17)23(19)4/h5-11,15H,12-13H2,1-4H3/t15-/m0/s1. The van der Waals surface area contributed by atoms with Gasteiger partial charge in [0.2, 0.25) is 0 Å². The van der Waals surface area contributed by atoms with Gasteiger partial charge < -0.3 is 4.57 Å². The SMILES string of the molecule is Cc1ccnc(C[C@H](C)N(C)Cc2nc3ccccc3n2C)c1. The van der Waals surface area contributed by atoms with Crippen LogP contribution in [0.25, 0.3) is 11.0 Å². The van der Waals surface area contributed by atoms with Crippen LogP contribution in [-0.2, 0) is 20.0 Å². The molecule has 4 heteroatoms. The first-order valence-corrected chi connectivity index (χ1v) is 8.06. The van der Waals surface area contributed by atoms with E-state index >= 15 is 0 Å². The van der Waals surface area contributed by atoms with Gasteiger partial charge in [0.15, 0.2) is 0 Å². The summed E-state index contributed by atoms with van der Waals surface area (Å²) in [4.78, 5) is 11.6. The summed E-state index contributed by atoms with van der Waals surface area (Å²) in [5.41, 5.74) is 4.66. The summed E-state index contributed by atoms with van der Waals surface area (Å²) in [5.74, 6) is 1.10. The average molecular weight is 308 g/mol. The Morgan fingerprint density at radius 1 is 1.22 bits per heavy atom. The average Bonchev–Trinajstić information content (AvgIpc) is 2.84. The molecular weight excluding hydrogens is 284 g/mol. The Morgan fingerprint density at radius 2 is 2.00 bits per heavy atom. The van der Waals surface area contributed by atoms with Crippen molar-refractivity contribution in [2.24, 2.45) is 7.05 Å². The molecular formula is C19H24N4. The fraction of sp³-hybridized carbons (Fsp3) is 0.368. The fourth-order valence-electron chi connectivity index (χ4n) is 2.88. The molecule has 2 aromatic heterocycles. The van der Waals surface area contributed by atoms with E-state index in [0.717, 1.165) is 30.0 Å². The molecule has 2 heterocycles. The number of aryl methyl sites for hydroxylation is 2. The van der Waals surface area contributed by atoms with Crippen LogP contribution in [0.5, 0.6) is 0 Å². The first kappa shape index (κ1) is 15.7. The highest BCUT2D eigenvalue weighted by Crippen LogP contribution is 2.16. The van der Waals surface area contributed by atoms with E-state index in [0.29, 0.717) is 6.04 Å². The maximum atomic E-state index is 4.76. The summed E-state index contributed by atoms with van der Waals surface area (Å²) in [5, 5.41) is 0. The molecule has 3 aromatic rings. The smallest absolute Gasteiger partial charge is 0.123 e. The highest BCUT2D eigenvalue weighted by Gasteiger charge is 2.15. The van der Waals surface area contributed by atoms with Gasteiger partial charge in [-0.1, -0.05) is 12.1 Å². The summed E-state index contributed by atoms with van der Waals surface area (Å²) >= 11 is 0. The number of para-hydroxylation sites is 2. The lowest BCUT2D eigenvalue weighted by Gasteiger charge is -2.24. The van der Waals surface area contributed by atoms with Gasteiger partial charge in [-0.2, -0.15) is 0 Å². The van der Waals surface area contributed by atoms with Crippen molar-refractivity contribution in [1.29, 1.82) is 0 Å². The number of pyridine rings is 1. The predicted octanol–water partition coefficient (Wildman–Crippen LogP) is 3.34. The molecule has 0 radical (unpaired) electrons. The lowest BCUT2D eigenvalue weighted by atomic mass is 10.1. The molecule has 0 unspecified atom stereocenters. The Bertz CT molecular complexity index is 806. The van der Waals surface area contributed by atoms with Crippen LogP contribution < -0.4 is 0 Å². The molecule has 3 rings (SSSR count). The zero-order valence-electron chi connectivity index (χ0n) is 14.3. The molecule has 0 saturated heterocycles. The van der Waals surface area contributed by atoms with Crippen molar-refractivity contribution in [3.05, 3.63) is 59.7 Å². The zero-order chi connectivity index (χ0) is 16.4. The molecule has 0 spiro atoms. The fourth-order valence-corrected chi connectivity index (χ4v) is 2.88. The van der Waals surface area contributed by atoms with Gasteiger partial charge in [-0.3, -0.25) is 9.88 Å².